The van der Waals surface area contributed by atoms with Gasteiger partial charge in [0.05, 0.1) is 0 Å². The van der Waals surface area contributed by atoms with Crippen LogP contribution in [0.3, 0.4) is 0 Å². The number of pyridine rings is 1. The first-order valence-electron chi connectivity index (χ1n) is 7.82. The van der Waals surface area contributed by atoms with Gasteiger partial charge in [0.1, 0.15) is 0 Å². The molecule has 2 heteroatoms. The van der Waals surface area contributed by atoms with E-state index in [9.17, 15) is 0 Å². The van der Waals surface area contributed by atoms with Gasteiger partial charge in [0, 0.05) is 24.5 Å². The van der Waals surface area contributed by atoms with Crippen LogP contribution in [-0.2, 0) is 0 Å². The van der Waals surface area contributed by atoms with Crippen LogP contribution in [0.5, 0.6) is 0 Å². The molecule has 1 aromatic heterocycles. The van der Waals surface area contributed by atoms with E-state index in [0.717, 1.165) is 11.8 Å². The highest BCUT2D eigenvalue weighted by molar-refractivity contribution is 5.14. The van der Waals surface area contributed by atoms with E-state index in [1.54, 1.807) is 0 Å². The summed E-state index contributed by atoms with van der Waals surface area (Å²) in [5, 5.41) is 3.81. The third kappa shape index (κ3) is 4.31. The van der Waals surface area contributed by atoms with Crippen LogP contribution in [-0.4, -0.2) is 11.0 Å². The molecule has 2 unspecified atom stereocenters. The van der Waals surface area contributed by atoms with Crippen molar-refractivity contribution in [3.63, 3.8) is 0 Å². The second-order valence-electron chi connectivity index (χ2n) is 6.38. The standard InChI is InChI=1S/C17H28N2/c1-13(2)15-5-4-6-17(8-7-15)19-14(3)16-9-11-18-12-10-16/h9-15,17,19H,4-8H2,1-3H3/t14-,15?,17?/m0/s1. The van der Waals surface area contributed by atoms with Crippen LogP contribution in [0.4, 0.5) is 0 Å². The number of rotatable bonds is 4. The average Bonchev–Trinajstić information content (AvgIpc) is 2.65. The van der Waals surface area contributed by atoms with E-state index in [1.807, 2.05) is 12.4 Å². The zero-order chi connectivity index (χ0) is 13.7. The molecular weight excluding hydrogens is 232 g/mol. The Bertz CT molecular complexity index is 361. The first-order chi connectivity index (χ1) is 9.16. The Morgan fingerprint density at radius 1 is 1.05 bits per heavy atom. The highest BCUT2D eigenvalue weighted by Gasteiger charge is 2.22. The smallest absolute Gasteiger partial charge is 0.0295 e. The zero-order valence-electron chi connectivity index (χ0n) is 12.6. The third-order valence-corrected chi connectivity index (χ3v) is 4.65. The van der Waals surface area contributed by atoms with E-state index in [2.05, 4.69) is 43.2 Å². The fraction of sp³-hybridized carbons (Fsp3) is 0.706. The van der Waals surface area contributed by atoms with Gasteiger partial charge in [-0.2, -0.15) is 0 Å². The van der Waals surface area contributed by atoms with Crippen molar-refractivity contribution in [1.82, 2.24) is 10.3 Å². The number of nitrogens with zero attached hydrogens (tertiary/aromatic N) is 1. The van der Waals surface area contributed by atoms with Gasteiger partial charge in [-0.1, -0.05) is 26.7 Å². The van der Waals surface area contributed by atoms with E-state index in [0.29, 0.717) is 12.1 Å². The molecule has 1 N–H and O–H groups in total. The van der Waals surface area contributed by atoms with Crippen molar-refractivity contribution in [2.45, 2.75) is 65.0 Å². The maximum atomic E-state index is 4.09. The van der Waals surface area contributed by atoms with E-state index in [1.165, 1.54) is 37.7 Å². The molecule has 0 spiro atoms. The molecule has 0 saturated heterocycles. The number of aromatic nitrogens is 1. The minimum atomic E-state index is 0.434. The maximum Gasteiger partial charge on any atom is 0.0295 e. The van der Waals surface area contributed by atoms with Crippen molar-refractivity contribution in [1.29, 1.82) is 0 Å². The second kappa shape index (κ2) is 7.04. The lowest BCUT2D eigenvalue weighted by atomic mass is 9.89. The summed E-state index contributed by atoms with van der Waals surface area (Å²) >= 11 is 0. The van der Waals surface area contributed by atoms with Gasteiger partial charge in [0.25, 0.3) is 0 Å². The van der Waals surface area contributed by atoms with Crippen molar-refractivity contribution in [3.8, 4) is 0 Å². The molecule has 1 fully saturated rings. The van der Waals surface area contributed by atoms with Gasteiger partial charge in [-0.15, -0.1) is 0 Å². The van der Waals surface area contributed by atoms with Gasteiger partial charge >= 0.3 is 0 Å². The molecule has 0 aliphatic heterocycles. The van der Waals surface area contributed by atoms with Gasteiger partial charge in [0.15, 0.2) is 0 Å². The number of nitrogens with one attached hydrogen (secondary N) is 1. The Labute approximate surface area is 118 Å². The van der Waals surface area contributed by atoms with Gasteiger partial charge in [-0.05, 0) is 55.7 Å². The summed E-state index contributed by atoms with van der Waals surface area (Å²) in [5.74, 6) is 1.78. The highest BCUT2D eigenvalue weighted by Crippen LogP contribution is 2.29. The Morgan fingerprint density at radius 2 is 1.79 bits per heavy atom. The first kappa shape index (κ1) is 14.5. The van der Waals surface area contributed by atoms with Crippen LogP contribution in [0, 0.1) is 11.8 Å². The van der Waals surface area contributed by atoms with Crippen molar-refractivity contribution in [2.75, 3.05) is 0 Å². The molecule has 3 atom stereocenters. The summed E-state index contributed by atoms with van der Waals surface area (Å²) in [6.45, 7) is 7.01. The third-order valence-electron chi connectivity index (χ3n) is 4.65. The fourth-order valence-electron chi connectivity index (χ4n) is 3.27. The fourth-order valence-corrected chi connectivity index (χ4v) is 3.27. The van der Waals surface area contributed by atoms with Crippen LogP contribution in [0.1, 0.15) is 64.5 Å². The summed E-state index contributed by atoms with van der Waals surface area (Å²) in [7, 11) is 0. The van der Waals surface area contributed by atoms with Crippen LogP contribution in [0.25, 0.3) is 0 Å². The zero-order valence-corrected chi connectivity index (χ0v) is 12.6. The molecule has 0 radical (unpaired) electrons. The van der Waals surface area contributed by atoms with E-state index < -0.39 is 0 Å². The lowest BCUT2D eigenvalue weighted by Gasteiger charge is -2.23. The second-order valence-corrected chi connectivity index (χ2v) is 6.38. The molecule has 2 nitrogen and oxygen atoms in total. The minimum Gasteiger partial charge on any atom is -0.307 e. The van der Waals surface area contributed by atoms with Gasteiger partial charge in [-0.25, -0.2) is 0 Å². The van der Waals surface area contributed by atoms with E-state index in [4.69, 9.17) is 0 Å². The summed E-state index contributed by atoms with van der Waals surface area (Å²) in [5.41, 5.74) is 1.35. The molecule has 1 heterocycles. The molecule has 1 saturated carbocycles. The largest absolute Gasteiger partial charge is 0.307 e. The first-order valence-corrected chi connectivity index (χ1v) is 7.82. The molecule has 19 heavy (non-hydrogen) atoms. The molecule has 2 rings (SSSR count). The summed E-state index contributed by atoms with van der Waals surface area (Å²) in [6, 6.07) is 5.35. The molecule has 0 amide bonds. The predicted octanol–water partition coefficient (Wildman–Crippen LogP) is 4.34. The quantitative estimate of drug-likeness (QED) is 0.815. The van der Waals surface area contributed by atoms with Crippen LogP contribution < -0.4 is 5.32 Å². The van der Waals surface area contributed by atoms with Crippen molar-refractivity contribution in [2.24, 2.45) is 11.8 Å². The number of hydrogen-bond acceptors (Lipinski definition) is 2. The summed E-state index contributed by atoms with van der Waals surface area (Å²) < 4.78 is 0. The molecule has 0 bridgehead atoms. The van der Waals surface area contributed by atoms with Crippen molar-refractivity contribution < 1.29 is 0 Å². The Balaban J connectivity index is 1.86. The average molecular weight is 260 g/mol. The van der Waals surface area contributed by atoms with Gasteiger partial charge < -0.3 is 5.32 Å². The molecule has 0 aromatic carbocycles. The number of hydrogen-bond donors (Lipinski definition) is 1. The molecule has 1 aliphatic rings. The van der Waals surface area contributed by atoms with E-state index in [-0.39, 0.29) is 0 Å². The molecule has 1 aromatic rings. The van der Waals surface area contributed by atoms with Gasteiger partial charge in [-0.3, -0.25) is 4.98 Å². The minimum absolute atomic E-state index is 0.434. The summed E-state index contributed by atoms with van der Waals surface area (Å²) in [6.07, 6.45) is 10.6. The predicted molar refractivity (Wildman–Crippen MR) is 81.0 cm³/mol. The molecular formula is C17H28N2. The summed E-state index contributed by atoms with van der Waals surface area (Å²) in [4.78, 5) is 4.09. The Hall–Kier alpha value is -0.890. The normalized spacial score (nSPS) is 26.1. The lowest BCUT2D eigenvalue weighted by molar-refractivity contribution is 0.335. The van der Waals surface area contributed by atoms with E-state index >= 15 is 0 Å². The molecule has 1 aliphatic carbocycles. The highest BCUT2D eigenvalue weighted by atomic mass is 14.9. The van der Waals surface area contributed by atoms with Gasteiger partial charge in [0.2, 0.25) is 0 Å². The van der Waals surface area contributed by atoms with Crippen LogP contribution in [0.2, 0.25) is 0 Å². The SMILES string of the molecule is CC(C)C1CCCC(N[C@@H](C)c2ccncc2)CC1. The maximum absolute atomic E-state index is 4.09. The van der Waals surface area contributed by atoms with Crippen LogP contribution in [0.15, 0.2) is 24.5 Å². The Morgan fingerprint density at radius 3 is 2.47 bits per heavy atom. The van der Waals surface area contributed by atoms with Crippen molar-refractivity contribution >= 4 is 0 Å². The topological polar surface area (TPSA) is 24.9 Å². The van der Waals surface area contributed by atoms with Crippen LogP contribution >= 0.6 is 0 Å². The lowest BCUT2D eigenvalue weighted by Crippen LogP contribution is -2.31. The van der Waals surface area contributed by atoms with Crippen molar-refractivity contribution in [3.05, 3.63) is 30.1 Å². The Kier molecular flexibility index (Phi) is 5.38. The monoisotopic (exact) mass is 260 g/mol. The molecule has 106 valence electrons.